The summed E-state index contributed by atoms with van der Waals surface area (Å²) in [7, 11) is 0. The van der Waals surface area contributed by atoms with E-state index in [2.05, 4.69) is 0 Å². The molecule has 0 bridgehead atoms. The van der Waals surface area contributed by atoms with Crippen LogP contribution in [0.5, 0.6) is 0 Å². The zero-order valence-corrected chi connectivity index (χ0v) is 12.9. The summed E-state index contributed by atoms with van der Waals surface area (Å²) >= 11 is 24.5. The largest absolute Gasteiger partial charge is 0.330 e. The van der Waals surface area contributed by atoms with Crippen LogP contribution in [0.15, 0.2) is 30.3 Å². The number of nitrogens with two attached hydrogens (primary N) is 1. The summed E-state index contributed by atoms with van der Waals surface area (Å²) in [5.41, 5.74) is 8.14. The predicted octanol–water partition coefficient (Wildman–Crippen LogP) is 5.47. The molecule has 0 spiro atoms. The number of hydrogen-bond acceptors (Lipinski definition) is 1. The topological polar surface area (TPSA) is 26.0 Å². The van der Waals surface area contributed by atoms with E-state index >= 15 is 0 Å². The lowest BCUT2D eigenvalue weighted by atomic mass is 10.0. The normalized spacial score (nSPS) is 10.8. The van der Waals surface area contributed by atoms with Crippen LogP contribution in [0, 0.1) is 0 Å². The number of halogens is 4. The van der Waals surface area contributed by atoms with Gasteiger partial charge in [0.25, 0.3) is 0 Å². The minimum Gasteiger partial charge on any atom is -0.330 e. The maximum Gasteiger partial charge on any atom is 0.0672 e. The average molecular weight is 335 g/mol. The molecule has 0 heterocycles. The SMILES string of the molecule is NCCc1ccc(-c2cc(Cl)cc(Cl)c2Cl)c(Cl)c1. The average Bonchev–Trinajstić information content (AvgIpc) is 2.35. The minimum absolute atomic E-state index is 0.409. The molecule has 0 atom stereocenters. The molecule has 0 saturated heterocycles. The Kier molecular flexibility index (Phi) is 4.99. The summed E-state index contributed by atoms with van der Waals surface area (Å²) < 4.78 is 0. The Morgan fingerprint density at radius 3 is 2.21 bits per heavy atom. The molecule has 2 aromatic rings. The lowest BCUT2D eigenvalue weighted by Crippen LogP contribution is -2.02. The fraction of sp³-hybridized carbons (Fsp3) is 0.143. The Labute approximate surface area is 132 Å². The standard InChI is InChI=1S/C14H11Cl4N/c15-9-6-11(14(18)13(17)7-9)10-2-1-8(3-4-19)5-12(10)16/h1-2,5-7H,3-4,19H2. The maximum atomic E-state index is 6.29. The molecule has 1 nitrogen and oxygen atoms in total. The van der Waals surface area contributed by atoms with Crippen LogP contribution in [0.25, 0.3) is 11.1 Å². The van der Waals surface area contributed by atoms with Crippen LogP contribution in [0.3, 0.4) is 0 Å². The molecule has 0 fully saturated rings. The highest BCUT2D eigenvalue weighted by Gasteiger charge is 2.12. The van der Waals surface area contributed by atoms with Crippen molar-refractivity contribution in [2.45, 2.75) is 6.42 Å². The third-order valence-electron chi connectivity index (χ3n) is 2.75. The Morgan fingerprint density at radius 1 is 0.842 bits per heavy atom. The Bertz CT molecular complexity index is 611. The fourth-order valence-electron chi connectivity index (χ4n) is 1.85. The summed E-state index contributed by atoms with van der Waals surface area (Å²) in [6, 6.07) is 9.11. The molecular formula is C14H11Cl4N. The molecule has 2 aromatic carbocycles. The Balaban J connectivity index is 2.53. The van der Waals surface area contributed by atoms with E-state index in [0.717, 1.165) is 23.1 Å². The van der Waals surface area contributed by atoms with Gasteiger partial charge in [-0.15, -0.1) is 0 Å². The summed E-state index contributed by atoms with van der Waals surface area (Å²) in [5, 5.41) is 1.98. The second-order valence-electron chi connectivity index (χ2n) is 4.10. The highest BCUT2D eigenvalue weighted by Crippen LogP contribution is 2.39. The zero-order chi connectivity index (χ0) is 14.0. The van der Waals surface area contributed by atoms with Crippen LogP contribution < -0.4 is 5.73 Å². The highest BCUT2D eigenvalue weighted by atomic mass is 35.5. The van der Waals surface area contributed by atoms with Gasteiger partial charge in [0.2, 0.25) is 0 Å². The summed E-state index contributed by atoms with van der Waals surface area (Å²) in [4.78, 5) is 0. The molecule has 0 aromatic heterocycles. The van der Waals surface area contributed by atoms with Gasteiger partial charge in [0.15, 0.2) is 0 Å². The van der Waals surface area contributed by atoms with E-state index < -0.39 is 0 Å². The van der Waals surface area contributed by atoms with Crippen molar-refractivity contribution < 1.29 is 0 Å². The summed E-state index contributed by atoms with van der Waals surface area (Å²) in [5.74, 6) is 0. The second-order valence-corrected chi connectivity index (χ2v) is 5.73. The van der Waals surface area contributed by atoms with Crippen molar-refractivity contribution in [1.29, 1.82) is 0 Å². The first kappa shape index (κ1) is 15.0. The van der Waals surface area contributed by atoms with Crippen LogP contribution in [0.4, 0.5) is 0 Å². The summed E-state index contributed by atoms with van der Waals surface area (Å²) in [6.45, 7) is 0.583. The zero-order valence-electron chi connectivity index (χ0n) is 9.89. The lowest BCUT2D eigenvalue weighted by Gasteiger charge is -2.10. The van der Waals surface area contributed by atoms with Crippen LogP contribution in [0.2, 0.25) is 20.1 Å². The molecular weight excluding hydrogens is 324 g/mol. The number of rotatable bonds is 3. The predicted molar refractivity (Wildman–Crippen MR) is 84.7 cm³/mol. The van der Waals surface area contributed by atoms with Gasteiger partial charge in [-0.3, -0.25) is 0 Å². The van der Waals surface area contributed by atoms with Gasteiger partial charge in [0, 0.05) is 21.2 Å². The Morgan fingerprint density at radius 2 is 1.58 bits per heavy atom. The van der Waals surface area contributed by atoms with E-state index in [1.54, 1.807) is 12.1 Å². The van der Waals surface area contributed by atoms with Gasteiger partial charge >= 0.3 is 0 Å². The molecule has 0 saturated carbocycles. The molecule has 0 aliphatic carbocycles. The van der Waals surface area contributed by atoms with Gasteiger partial charge < -0.3 is 5.73 Å². The molecule has 100 valence electrons. The second kappa shape index (κ2) is 6.34. The van der Waals surface area contributed by atoms with E-state index in [1.165, 1.54) is 0 Å². The molecule has 0 amide bonds. The van der Waals surface area contributed by atoms with Crippen molar-refractivity contribution in [3.05, 3.63) is 56.0 Å². The first-order chi connectivity index (χ1) is 9.02. The van der Waals surface area contributed by atoms with Crippen molar-refractivity contribution in [3.8, 4) is 11.1 Å². The van der Waals surface area contributed by atoms with Gasteiger partial charge in [-0.1, -0.05) is 58.5 Å². The fourth-order valence-corrected chi connectivity index (χ4v) is 2.86. The van der Waals surface area contributed by atoms with Crippen molar-refractivity contribution in [1.82, 2.24) is 0 Å². The molecule has 2 rings (SSSR count). The quantitative estimate of drug-likeness (QED) is 0.740. The third kappa shape index (κ3) is 3.36. The first-order valence-corrected chi connectivity index (χ1v) is 7.17. The summed E-state index contributed by atoms with van der Waals surface area (Å²) in [6.07, 6.45) is 0.782. The molecule has 0 aliphatic rings. The monoisotopic (exact) mass is 333 g/mol. The number of hydrogen-bond donors (Lipinski definition) is 1. The lowest BCUT2D eigenvalue weighted by molar-refractivity contribution is 0.969. The number of benzene rings is 2. The van der Waals surface area contributed by atoms with Crippen LogP contribution >= 0.6 is 46.4 Å². The molecule has 0 radical (unpaired) electrons. The highest BCUT2D eigenvalue weighted by molar-refractivity contribution is 6.45. The molecule has 0 unspecified atom stereocenters. The van der Waals surface area contributed by atoms with E-state index in [9.17, 15) is 0 Å². The van der Waals surface area contributed by atoms with Crippen LogP contribution in [-0.4, -0.2) is 6.54 Å². The molecule has 0 aliphatic heterocycles. The molecule has 5 heteroatoms. The molecule has 19 heavy (non-hydrogen) atoms. The van der Waals surface area contributed by atoms with Gasteiger partial charge in [-0.25, -0.2) is 0 Å². The van der Waals surface area contributed by atoms with E-state index in [1.807, 2.05) is 18.2 Å². The van der Waals surface area contributed by atoms with Gasteiger partial charge in [0.1, 0.15) is 0 Å². The van der Waals surface area contributed by atoms with Crippen molar-refractivity contribution in [2.75, 3.05) is 6.54 Å². The van der Waals surface area contributed by atoms with E-state index in [-0.39, 0.29) is 0 Å². The smallest absolute Gasteiger partial charge is 0.0672 e. The van der Waals surface area contributed by atoms with E-state index in [0.29, 0.717) is 26.6 Å². The van der Waals surface area contributed by atoms with Crippen molar-refractivity contribution in [3.63, 3.8) is 0 Å². The maximum absolute atomic E-state index is 6.29. The Hall–Kier alpha value is -0.440. The van der Waals surface area contributed by atoms with Gasteiger partial charge in [-0.2, -0.15) is 0 Å². The van der Waals surface area contributed by atoms with Crippen LogP contribution in [-0.2, 0) is 6.42 Å². The van der Waals surface area contributed by atoms with Crippen LogP contribution in [0.1, 0.15) is 5.56 Å². The van der Waals surface area contributed by atoms with Gasteiger partial charge in [0.05, 0.1) is 10.0 Å². The molecule has 2 N–H and O–H groups in total. The first-order valence-electron chi connectivity index (χ1n) is 5.66. The van der Waals surface area contributed by atoms with Crippen molar-refractivity contribution in [2.24, 2.45) is 5.73 Å². The van der Waals surface area contributed by atoms with Crippen molar-refractivity contribution >= 4 is 46.4 Å². The third-order valence-corrected chi connectivity index (χ3v) is 4.08. The van der Waals surface area contributed by atoms with Gasteiger partial charge in [-0.05, 0) is 36.7 Å². The minimum atomic E-state index is 0.409. The van der Waals surface area contributed by atoms with E-state index in [4.69, 9.17) is 52.1 Å².